The largest absolute Gasteiger partial charge is 0.497 e. The van der Waals surface area contributed by atoms with Crippen LogP contribution < -0.4 is 20.7 Å². The quantitative estimate of drug-likeness (QED) is 0.528. The van der Waals surface area contributed by atoms with Crippen LogP contribution in [0.25, 0.3) is 0 Å². The Morgan fingerprint density at radius 2 is 2.12 bits per heavy atom. The highest BCUT2D eigenvalue weighted by Gasteiger charge is 2.04. The smallest absolute Gasteiger partial charge is 0.243 e. The van der Waals surface area contributed by atoms with Crippen molar-refractivity contribution in [3.8, 4) is 5.75 Å². The summed E-state index contributed by atoms with van der Waals surface area (Å²) in [4.78, 5) is 20.4. The van der Waals surface area contributed by atoms with E-state index in [0.29, 0.717) is 24.7 Å². The first kappa shape index (κ1) is 18.3. The second kappa shape index (κ2) is 9.92. The van der Waals surface area contributed by atoms with Gasteiger partial charge in [-0.25, -0.2) is 4.99 Å². The van der Waals surface area contributed by atoms with Gasteiger partial charge in [0.25, 0.3) is 0 Å². The van der Waals surface area contributed by atoms with Crippen LogP contribution in [-0.2, 0) is 11.3 Å². The molecule has 0 aliphatic rings. The van der Waals surface area contributed by atoms with Gasteiger partial charge in [-0.3, -0.25) is 9.78 Å². The second-order valence-electron chi connectivity index (χ2n) is 5.19. The van der Waals surface area contributed by atoms with E-state index in [9.17, 15) is 4.79 Å². The van der Waals surface area contributed by atoms with Crippen molar-refractivity contribution in [2.75, 3.05) is 25.5 Å². The van der Waals surface area contributed by atoms with Crippen molar-refractivity contribution in [2.24, 2.45) is 4.99 Å². The minimum absolute atomic E-state index is 0.110. The van der Waals surface area contributed by atoms with E-state index in [1.807, 2.05) is 31.2 Å². The van der Waals surface area contributed by atoms with Crippen molar-refractivity contribution in [2.45, 2.75) is 13.5 Å². The lowest BCUT2D eigenvalue weighted by Crippen LogP contribution is -2.41. The molecule has 1 aromatic heterocycles. The van der Waals surface area contributed by atoms with Crippen LogP contribution in [0, 0.1) is 0 Å². The zero-order chi connectivity index (χ0) is 17.9. The number of carbonyl (C=O) groups is 1. The van der Waals surface area contributed by atoms with Crippen molar-refractivity contribution >= 4 is 17.6 Å². The first-order valence-electron chi connectivity index (χ1n) is 8.06. The summed E-state index contributed by atoms with van der Waals surface area (Å²) in [6.45, 7) is 3.27. The maximum atomic E-state index is 12.0. The molecule has 1 amide bonds. The number of methoxy groups -OCH3 is 1. The fourth-order valence-electron chi connectivity index (χ4n) is 2.09. The average Bonchev–Trinajstić information content (AvgIpc) is 2.65. The first-order valence-corrected chi connectivity index (χ1v) is 8.06. The van der Waals surface area contributed by atoms with E-state index in [-0.39, 0.29) is 12.5 Å². The standard InChI is InChI=1S/C18H23N5O2/c1-3-20-18(21-11-14-6-4-8-16(10-14)25-2)22-13-17(24)23-15-7-5-9-19-12-15/h4-10,12H,3,11,13H2,1-2H3,(H,23,24)(H2,20,21,22). The molecule has 0 fully saturated rings. The van der Waals surface area contributed by atoms with Gasteiger partial charge in [0.15, 0.2) is 5.96 Å². The molecule has 0 saturated carbocycles. The zero-order valence-electron chi connectivity index (χ0n) is 14.5. The number of pyridine rings is 1. The molecule has 1 aromatic carbocycles. The fraction of sp³-hybridized carbons (Fsp3) is 0.278. The number of nitrogens with one attached hydrogen (secondary N) is 3. The third-order valence-corrected chi connectivity index (χ3v) is 3.26. The third kappa shape index (κ3) is 6.50. The number of benzene rings is 1. The topological polar surface area (TPSA) is 87.6 Å². The van der Waals surface area contributed by atoms with E-state index in [0.717, 1.165) is 11.3 Å². The van der Waals surface area contributed by atoms with Crippen molar-refractivity contribution in [1.29, 1.82) is 0 Å². The third-order valence-electron chi connectivity index (χ3n) is 3.26. The van der Waals surface area contributed by atoms with Gasteiger partial charge in [-0.2, -0.15) is 0 Å². The number of rotatable bonds is 7. The number of ether oxygens (including phenoxy) is 1. The van der Waals surface area contributed by atoms with Gasteiger partial charge < -0.3 is 20.7 Å². The van der Waals surface area contributed by atoms with Gasteiger partial charge in [0.2, 0.25) is 5.91 Å². The van der Waals surface area contributed by atoms with E-state index in [4.69, 9.17) is 4.74 Å². The second-order valence-corrected chi connectivity index (χ2v) is 5.19. The maximum Gasteiger partial charge on any atom is 0.243 e. The highest BCUT2D eigenvalue weighted by Crippen LogP contribution is 2.13. The Morgan fingerprint density at radius 3 is 2.84 bits per heavy atom. The number of nitrogens with zero attached hydrogens (tertiary/aromatic N) is 2. The molecule has 0 aliphatic carbocycles. The molecule has 2 aromatic rings. The van der Waals surface area contributed by atoms with Gasteiger partial charge in [0, 0.05) is 12.7 Å². The van der Waals surface area contributed by atoms with Gasteiger partial charge in [-0.1, -0.05) is 12.1 Å². The van der Waals surface area contributed by atoms with Crippen molar-refractivity contribution < 1.29 is 9.53 Å². The molecule has 0 saturated heterocycles. The number of carbonyl (C=O) groups excluding carboxylic acids is 1. The molecule has 0 atom stereocenters. The Bertz CT molecular complexity index is 704. The zero-order valence-corrected chi connectivity index (χ0v) is 14.5. The van der Waals surface area contributed by atoms with Crippen molar-refractivity contribution in [1.82, 2.24) is 15.6 Å². The van der Waals surface area contributed by atoms with E-state index in [1.54, 1.807) is 31.6 Å². The fourth-order valence-corrected chi connectivity index (χ4v) is 2.09. The SMILES string of the molecule is CCNC(=NCc1cccc(OC)c1)NCC(=O)Nc1cccnc1. The predicted octanol–water partition coefficient (Wildman–Crippen LogP) is 1.78. The number of aromatic nitrogens is 1. The Labute approximate surface area is 147 Å². The highest BCUT2D eigenvalue weighted by atomic mass is 16.5. The van der Waals surface area contributed by atoms with E-state index < -0.39 is 0 Å². The summed E-state index contributed by atoms with van der Waals surface area (Å²) in [5, 5.41) is 8.90. The van der Waals surface area contributed by atoms with Gasteiger partial charge in [0.05, 0.1) is 32.1 Å². The molecular formula is C18H23N5O2. The van der Waals surface area contributed by atoms with Crippen molar-refractivity contribution in [3.63, 3.8) is 0 Å². The van der Waals surface area contributed by atoms with Crippen LogP contribution in [0.5, 0.6) is 5.75 Å². The first-order chi connectivity index (χ1) is 12.2. The molecule has 0 spiro atoms. The molecule has 1 heterocycles. The van der Waals surface area contributed by atoms with Crippen LogP contribution in [-0.4, -0.2) is 37.1 Å². The minimum atomic E-state index is -0.167. The van der Waals surface area contributed by atoms with E-state index >= 15 is 0 Å². The molecule has 0 radical (unpaired) electrons. The lowest BCUT2D eigenvalue weighted by Gasteiger charge is -2.11. The normalized spacial score (nSPS) is 10.9. The number of amides is 1. The average molecular weight is 341 g/mol. The summed E-state index contributed by atoms with van der Waals surface area (Å²) >= 11 is 0. The Morgan fingerprint density at radius 1 is 1.24 bits per heavy atom. The summed E-state index contributed by atoms with van der Waals surface area (Å²) in [7, 11) is 1.63. The Kier molecular flexibility index (Phi) is 7.24. The van der Waals surface area contributed by atoms with E-state index in [2.05, 4.69) is 25.9 Å². The lowest BCUT2D eigenvalue weighted by molar-refractivity contribution is -0.115. The number of aliphatic imine (C=N–C) groups is 1. The molecule has 25 heavy (non-hydrogen) atoms. The van der Waals surface area contributed by atoms with E-state index in [1.165, 1.54) is 0 Å². The lowest BCUT2D eigenvalue weighted by atomic mass is 10.2. The summed E-state index contributed by atoms with van der Waals surface area (Å²) in [5.41, 5.74) is 1.68. The Hall–Kier alpha value is -3.09. The van der Waals surface area contributed by atoms with Crippen LogP contribution in [0.15, 0.2) is 53.8 Å². The van der Waals surface area contributed by atoms with Gasteiger partial charge >= 0.3 is 0 Å². The molecule has 0 unspecified atom stereocenters. The molecule has 0 bridgehead atoms. The number of hydrogen-bond acceptors (Lipinski definition) is 4. The van der Waals surface area contributed by atoms with Crippen LogP contribution >= 0.6 is 0 Å². The molecule has 7 nitrogen and oxygen atoms in total. The summed E-state index contributed by atoms with van der Waals surface area (Å²) in [6, 6.07) is 11.3. The number of anilines is 1. The monoisotopic (exact) mass is 341 g/mol. The van der Waals surface area contributed by atoms with Crippen LogP contribution in [0.1, 0.15) is 12.5 Å². The van der Waals surface area contributed by atoms with Crippen LogP contribution in [0.2, 0.25) is 0 Å². The molecule has 2 rings (SSSR count). The molecule has 0 aliphatic heterocycles. The summed E-state index contributed by atoms with van der Waals surface area (Å²) in [6.07, 6.45) is 3.25. The molecular weight excluding hydrogens is 318 g/mol. The van der Waals surface area contributed by atoms with Gasteiger partial charge in [0.1, 0.15) is 5.75 Å². The van der Waals surface area contributed by atoms with Gasteiger partial charge in [-0.15, -0.1) is 0 Å². The van der Waals surface area contributed by atoms with Gasteiger partial charge in [-0.05, 0) is 36.8 Å². The van der Waals surface area contributed by atoms with Crippen LogP contribution in [0.4, 0.5) is 5.69 Å². The number of guanidine groups is 1. The summed E-state index contributed by atoms with van der Waals surface area (Å²) in [5.74, 6) is 1.20. The highest BCUT2D eigenvalue weighted by molar-refractivity contribution is 5.94. The molecule has 7 heteroatoms. The van der Waals surface area contributed by atoms with Crippen molar-refractivity contribution in [3.05, 3.63) is 54.4 Å². The predicted molar refractivity (Wildman–Crippen MR) is 98.7 cm³/mol. The Balaban J connectivity index is 1.89. The van der Waals surface area contributed by atoms with Crippen LogP contribution in [0.3, 0.4) is 0 Å². The minimum Gasteiger partial charge on any atom is -0.497 e. The maximum absolute atomic E-state index is 12.0. The molecule has 3 N–H and O–H groups in total. The molecule has 132 valence electrons. The number of hydrogen-bond donors (Lipinski definition) is 3. The summed E-state index contributed by atoms with van der Waals surface area (Å²) < 4.78 is 5.21.